The summed E-state index contributed by atoms with van der Waals surface area (Å²) in [6.07, 6.45) is 7.42. The van der Waals surface area contributed by atoms with Gasteiger partial charge in [0, 0.05) is 17.9 Å². The number of nitrogens with two attached hydrogens (primary N) is 1. The van der Waals surface area contributed by atoms with Crippen LogP contribution < -0.4 is 16.4 Å². The van der Waals surface area contributed by atoms with E-state index in [1.54, 1.807) is 0 Å². The van der Waals surface area contributed by atoms with Crippen LogP contribution in [0.3, 0.4) is 0 Å². The van der Waals surface area contributed by atoms with E-state index in [1.165, 1.54) is 11.8 Å². The Kier molecular flexibility index (Phi) is 10.0. The van der Waals surface area contributed by atoms with Crippen molar-refractivity contribution in [1.29, 1.82) is 0 Å². The predicted octanol–water partition coefficient (Wildman–Crippen LogP) is -0.997. The highest BCUT2D eigenvalue weighted by Gasteiger charge is 2.24. The molecule has 1 saturated carbocycles. The fraction of sp³-hybridized carbons (Fsp3) is 0.438. The van der Waals surface area contributed by atoms with E-state index >= 15 is 0 Å². The molecule has 9 nitrogen and oxygen atoms in total. The highest BCUT2D eigenvalue weighted by Crippen LogP contribution is 2.26. The maximum absolute atomic E-state index is 12.1. The van der Waals surface area contributed by atoms with E-state index in [0.29, 0.717) is 5.75 Å². The van der Waals surface area contributed by atoms with Gasteiger partial charge in [-0.1, -0.05) is 0 Å². The van der Waals surface area contributed by atoms with Gasteiger partial charge in [-0.15, -0.1) is 0 Å². The number of carboxylic acid groups (broad SMARTS) is 2. The van der Waals surface area contributed by atoms with Crippen LogP contribution in [-0.2, 0) is 19.2 Å². The number of carboxylic acids is 2. The Balaban J connectivity index is 2.48. The van der Waals surface area contributed by atoms with E-state index in [2.05, 4.69) is 10.6 Å². The predicted molar refractivity (Wildman–Crippen MR) is 95.2 cm³/mol. The van der Waals surface area contributed by atoms with Gasteiger partial charge in [0.25, 0.3) is 0 Å². The van der Waals surface area contributed by atoms with Crippen molar-refractivity contribution < 1.29 is 29.4 Å². The second-order valence-electron chi connectivity index (χ2n) is 5.52. The average molecular weight is 384 g/mol. The molecule has 0 aromatic carbocycles. The fourth-order valence-electron chi connectivity index (χ4n) is 1.95. The lowest BCUT2D eigenvalue weighted by Crippen LogP contribution is -2.49. The first kappa shape index (κ1) is 22.2. The number of amides is 2. The molecule has 0 aromatic rings. The summed E-state index contributed by atoms with van der Waals surface area (Å²) >= 11 is 1.41. The molecule has 6 N–H and O–H groups in total. The van der Waals surface area contributed by atoms with Crippen LogP contribution >= 0.6 is 11.8 Å². The quantitative estimate of drug-likeness (QED) is 0.287. The van der Waals surface area contributed by atoms with Crippen molar-refractivity contribution in [1.82, 2.24) is 10.6 Å². The van der Waals surface area contributed by atoms with Crippen molar-refractivity contribution in [3.8, 4) is 0 Å². The number of carbonyl (C=O) groups excluding carboxylic acids is 2. The molecule has 2 atom stereocenters. The minimum atomic E-state index is -1.21. The molecule has 0 spiro atoms. The van der Waals surface area contributed by atoms with Gasteiger partial charge >= 0.3 is 11.9 Å². The largest absolute Gasteiger partial charge is 0.480 e. The summed E-state index contributed by atoms with van der Waals surface area (Å²) in [4.78, 5) is 45.3. The minimum Gasteiger partial charge on any atom is -0.480 e. The summed E-state index contributed by atoms with van der Waals surface area (Å²) < 4.78 is 0. The maximum Gasteiger partial charge on any atom is 0.322 e. The standard InChI is InChI=1S/C16H22N3O6S/c17-11(16(24)25)5-6-13(20)19-12(15(23)18-7-14(21)22)9-26-8-10-3-1-2-4-10/h1-4,11-12H,5-9,17H2,(H,18,23)(H,19,20)(H,21,22)(H,24,25)/t11-,12+/m0/s1. The zero-order valence-electron chi connectivity index (χ0n) is 14.0. The van der Waals surface area contributed by atoms with E-state index in [9.17, 15) is 19.2 Å². The number of hydrogen-bond acceptors (Lipinski definition) is 6. The van der Waals surface area contributed by atoms with Crippen molar-refractivity contribution in [2.75, 3.05) is 18.1 Å². The SMILES string of the molecule is N[C@@H](CCC(=O)N[C@H](CSC[C]1[CH][CH][CH][CH]1)C(=O)NCC(=O)O)C(=O)O. The molecule has 0 saturated heterocycles. The average Bonchev–Trinajstić information content (AvgIpc) is 3.09. The molecule has 0 aromatic heterocycles. The van der Waals surface area contributed by atoms with Gasteiger partial charge in [0.2, 0.25) is 11.8 Å². The number of nitrogens with one attached hydrogen (secondary N) is 2. The molecule has 0 unspecified atom stereocenters. The number of hydrogen-bond donors (Lipinski definition) is 5. The Hall–Kier alpha value is -1.81. The summed E-state index contributed by atoms with van der Waals surface area (Å²) in [7, 11) is 0. The number of carbonyl (C=O) groups is 4. The molecule has 5 radical (unpaired) electrons. The summed E-state index contributed by atoms with van der Waals surface area (Å²) in [5, 5.41) is 22.1. The molecule has 0 bridgehead atoms. The number of thioether (sulfide) groups is 1. The van der Waals surface area contributed by atoms with Gasteiger partial charge in [-0.05, 0) is 38.0 Å². The first-order chi connectivity index (χ1) is 12.3. The van der Waals surface area contributed by atoms with E-state index in [1.807, 2.05) is 25.7 Å². The first-order valence-corrected chi connectivity index (χ1v) is 9.00. The minimum absolute atomic E-state index is 0.0642. The molecule has 2 amide bonds. The Morgan fingerprint density at radius 2 is 1.81 bits per heavy atom. The van der Waals surface area contributed by atoms with E-state index in [-0.39, 0.29) is 18.6 Å². The van der Waals surface area contributed by atoms with Crippen LogP contribution in [0.1, 0.15) is 12.8 Å². The zero-order valence-corrected chi connectivity index (χ0v) is 14.8. The molecule has 143 valence electrons. The number of rotatable bonds is 12. The van der Waals surface area contributed by atoms with Crippen molar-refractivity contribution in [2.24, 2.45) is 5.73 Å². The van der Waals surface area contributed by atoms with Crippen LogP contribution in [0.4, 0.5) is 0 Å². The van der Waals surface area contributed by atoms with Gasteiger partial charge in [-0.2, -0.15) is 11.8 Å². The summed E-state index contributed by atoms with van der Waals surface area (Å²) in [6.45, 7) is -0.553. The third-order valence-corrected chi connectivity index (χ3v) is 4.46. The van der Waals surface area contributed by atoms with Crippen LogP contribution in [0.2, 0.25) is 0 Å². The molecule has 1 fully saturated rings. The molecule has 26 heavy (non-hydrogen) atoms. The van der Waals surface area contributed by atoms with Crippen molar-refractivity contribution in [2.45, 2.75) is 24.9 Å². The normalized spacial score (nSPS) is 16.7. The summed E-state index contributed by atoms with van der Waals surface area (Å²) in [5.41, 5.74) is 5.34. The molecule has 1 aliphatic rings. The second-order valence-corrected chi connectivity index (χ2v) is 6.55. The summed E-state index contributed by atoms with van der Waals surface area (Å²) in [6, 6.07) is -2.09. The van der Waals surface area contributed by atoms with Crippen LogP contribution in [0.15, 0.2) is 0 Å². The van der Waals surface area contributed by atoms with E-state index in [0.717, 1.165) is 5.92 Å². The van der Waals surface area contributed by atoms with Crippen LogP contribution in [0.25, 0.3) is 0 Å². The van der Waals surface area contributed by atoms with Gasteiger partial charge in [-0.3, -0.25) is 19.2 Å². The van der Waals surface area contributed by atoms with Crippen LogP contribution in [-0.4, -0.2) is 64.1 Å². The van der Waals surface area contributed by atoms with Crippen LogP contribution in [0.5, 0.6) is 0 Å². The van der Waals surface area contributed by atoms with E-state index in [4.69, 9.17) is 15.9 Å². The Morgan fingerprint density at radius 1 is 1.15 bits per heavy atom. The zero-order chi connectivity index (χ0) is 19.5. The highest BCUT2D eigenvalue weighted by atomic mass is 32.2. The Labute approximate surface area is 156 Å². The lowest BCUT2D eigenvalue weighted by molar-refractivity contribution is -0.139. The van der Waals surface area contributed by atoms with Crippen molar-refractivity contribution in [3.05, 3.63) is 31.6 Å². The van der Waals surface area contributed by atoms with Gasteiger partial charge < -0.3 is 26.6 Å². The fourth-order valence-corrected chi connectivity index (χ4v) is 2.97. The van der Waals surface area contributed by atoms with Gasteiger partial charge in [0.05, 0.1) is 0 Å². The molecule has 1 rings (SSSR count). The monoisotopic (exact) mass is 384 g/mol. The molecular formula is C16H22N3O6S. The number of aliphatic carboxylic acids is 2. The molecule has 10 heteroatoms. The first-order valence-electron chi connectivity index (χ1n) is 7.85. The lowest BCUT2D eigenvalue weighted by atomic mass is 10.1. The molecule has 0 aliphatic heterocycles. The topological polar surface area (TPSA) is 159 Å². The van der Waals surface area contributed by atoms with Gasteiger partial charge in [0.15, 0.2) is 0 Å². The Bertz CT molecular complexity index is 510. The van der Waals surface area contributed by atoms with Gasteiger partial charge in [-0.25, -0.2) is 0 Å². The van der Waals surface area contributed by atoms with Crippen LogP contribution in [0, 0.1) is 31.6 Å². The van der Waals surface area contributed by atoms with Crippen molar-refractivity contribution in [3.63, 3.8) is 0 Å². The molecular weight excluding hydrogens is 362 g/mol. The molecule has 1 aliphatic carbocycles. The van der Waals surface area contributed by atoms with Gasteiger partial charge in [0.1, 0.15) is 18.6 Å². The van der Waals surface area contributed by atoms with E-state index < -0.39 is 42.4 Å². The Morgan fingerprint density at radius 3 is 2.38 bits per heavy atom. The maximum atomic E-state index is 12.1. The smallest absolute Gasteiger partial charge is 0.322 e. The second kappa shape index (κ2) is 11.7. The third-order valence-electron chi connectivity index (χ3n) is 3.35. The summed E-state index contributed by atoms with van der Waals surface area (Å²) in [5.74, 6) is -1.59. The molecule has 0 heterocycles. The van der Waals surface area contributed by atoms with Crippen molar-refractivity contribution >= 4 is 35.5 Å². The highest BCUT2D eigenvalue weighted by molar-refractivity contribution is 7.99. The third kappa shape index (κ3) is 9.04. The lowest BCUT2D eigenvalue weighted by Gasteiger charge is -2.19.